The maximum Gasteiger partial charge on any atom is 0.229 e. The fourth-order valence-corrected chi connectivity index (χ4v) is 3.92. The molecule has 28 heavy (non-hydrogen) atoms. The first kappa shape index (κ1) is 18.8. The summed E-state index contributed by atoms with van der Waals surface area (Å²) < 4.78 is 5.42. The van der Waals surface area contributed by atoms with E-state index in [4.69, 9.17) is 16.3 Å². The lowest BCUT2D eigenvalue weighted by Crippen LogP contribution is -2.37. The van der Waals surface area contributed by atoms with Gasteiger partial charge >= 0.3 is 0 Å². The molecule has 2 aliphatic heterocycles. The van der Waals surface area contributed by atoms with Gasteiger partial charge in [0.2, 0.25) is 11.8 Å². The summed E-state index contributed by atoms with van der Waals surface area (Å²) in [6, 6.07) is 14.9. The Labute approximate surface area is 169 Å². The minimum Gasteiger partial charge on any atom is -0.378 e. The molecule has 146 valence electrons. The highest BCUT2D eigenvalue weighted by Gasteiger charge is 2.36. The smallest absolute Gasteiger partial charge is 0.229 e. The minimum atomic E-state index is -0.415. The van der Waals surface area contributed by atoms with Crippen molar-refractivity contribution in [2.45, 2.75) is 6.42 Å². The van der Waals surface area contributed by atoms with Crippen LogP contribution in [0.5, 0.6) is 0 Å². The molecule has 1 unspecified atom stereocenters. The molecule has 7 heteroatoms. The Hall–Kier alpha value is -2.57. The molecule has 6 nitrogen and oxygen atoms in total. The van der Waals surface area contributed by atoms with Crippen LogP contribution in [-0.2, 0) is 14.3 Å². The number of carbonyl (C=O) groups excluding carboxylic acids is 2. The fourth-order valence-electron chi connectivity index (χ4n) is 3.68. The Morgan fingerprint density at radius 1 is 1.04 bits per heavy atom. The van der Waals surface area contributed by atoms with Crippen LogP contribution in [0, 0.1) is 5.92 Å². The molecule has 2 aromatic carbocycles. The largest absolute Gasteiger partial charge is 0.378 e. The number of benzene rings is 2. The molecule has 2 aliphatic rings. The molecule has 0 aliphatic carbocycles. The van der Waals surface area contributed by atoms with Crippen LogP contribution < -0.4 is 15.1 Å². The van der Waals surface area contributed by atoms with Crippen molar-refractivity contribution < 1.29 is 14.3 Å². The second kappa shape index (κ2) is 8.20. The number of morpholine rings is 1. The van der Waals surface area contributed by atoms with Crippen LogP contribution in [0.1, 0.15) is 6.42 Å². The maximum atomic E-state index is 12.9. The average molecular weight is 400 g/mol. The molecule has 0 spiro atoms. The molecule has 2 amide bonds. The van der Waals surface area contributed by atoms with Crippen LogP contribution >= 0.6 is 11.6 Å². The van der Waals surface area contributed by atoms with Crippen molar-refractivity contribution >= 4 is 40.5 Å². The van der Waals surface area contributed by atoms with Crippen molar-refractivity contribution in [1.82, 2.24) is 0 Å². The normalized spacial score (nSPS) is 19.8. The summed E-state index contributed by atoms with van der Waals surface area (Å²) >= 11 is 6.22. The first-order valence-corrected chi connectivity index (χ1v) is 9.79. The summed E-state index contributed by atoms with van der Waals surface area (Å²) in [5.74, 6) is -0.653. The molecular formula is C21H22ClN3O3. The zero-order valence-corrected chi connectivity index (χ0v) is 16.2. The average Bonchev–Trinajstić information content (AvgIpc) is 3.11. The van der Waals surface area contributed by atoms with E-state index < -0.39 is 5.92 Å². The van der Waals surface area contributed by atoms with E-state index in [1.54, 1.807) is 17.0 Å². The molecule has 1 atom stereocenters. The van der Waals surface area contributed by atoms with Crippen molar-refractivity contribution in [3.63, 3.8) is 0 Å². The highest BCUT2D eigenvalue weighted by Crippen LogP contribution is 2.32. The predicted octanol–water partition coefficient (Wildman–Crippen LogP) is 3.17. The van der Waals surface area contributed by atoms with Gasteiger partial charge in [-0.3, -0.25) is 9.59 Å². The molecule has 0 aromatic heterocycles. The highest BCUT2D eigenvalue weighted by atomic mass is 35.5. The Kier molecular flexibility index (Phi) is 5.50. The molecule has 0 bridgehead atoms. The molecule has 0 saturated carbocycles. The lowest BCUT2D eigenvalue weighted by Gasteiger charge is -2.30. The number of hydrogen-bond donors (Lipinski definition) is 1. The van der Waals surface area contributed by atoms with Crippen molar-refractivity contribution in [2.24, 2.45) is 5.92 Å². The third kappa shape index (κ3) is 3.84. The summed E-state index contributed by atoms with van der Waals surface area (Å²) in [6.07, 6.45) is 0.177. The Morgan fingerprint density at radius 2 is 1.71 bits per heavy atom. The number of amides is 2. The van der Waals surface area contributed by atoms with Crippen LogP contribution in [0.2, 0.25) is 5.02 Å². The number of carbonyl (C=O) groups is 2. The molecule has 4 rings (SSSR count). The third-order valence-corrected chi connectivity index (χ3v) is 5.47. The van der Waals surface area contributed by atoms with Crippen LogP contribution in [0.15, 0.2) is 48.5 Å². The highest BCUT2D eigenvalue weighted by molar-refractivity contribution is 6.33. The second-order valence-electron chi connectivity index (χ2n) is 6.96. The topological polar surface area (TPSA) is 61.9 Å². The van der Waals surface area contributed by atoms with Gasteiger partial charge in [0.25, 0.3) is 0 Å². The molecule has 2 saturated heterocycles. The standard InChI is InChI=1S/C21H22ClN3O3/c22-16-5-1-3-7-18(16)25-14-15(13-20(25)26)21(27)23-17-6-2-4-8-19(17)24-9-11-28-12-10-24/h1-8,15H,9-14H2,(H,23,27). The summed E-state index contributed by atoms with van der Waals surface area (Å²) in [7, 11) is 0. The molecule has 2 fully saturated rings. The summed E-state index contributed by atoms with van der Waals surface area (Å²) in [6.45, 7) is 3.25. The Balaban J connectivity index is 1.48. The van der Waals surface area contributed by atoms with Gasteiger partial charge in [-0.1, -0.05) is 35.9 Å². The van der Waals surface area contributed by atoms with Gasteiger partial charge < -0.3 is 19.9 Å². The van der Waals surface area contributed by atoms with Gasteiger partial charge in [-0.25, -0.2) is 0 Å². The number of hydrogen-bond acceptors (Lipinski definition) is 4. The van der Waals surface area contributed by atoms with Gasteiger partial charge in [0.1, 0.15) is 0 Å². The zero-order chi connectivity index (χ0) is 19.5. The van der Waals surface area contributed by atoms with Crippen molar-refractivity contribution in [2.75, 3.05) is 48.0 Å². The number of halogens is 1. The Morgan fingerprint density at radius 3 is 2.46 bits per heavy atom. The van der Waals surface area contributed by atoms with Gasteiger partial charge in [0, 0.05) is 26.1 Å². The van der Waals surface area contributed by atoms with E-state index >= 15 is 0 Å². The van der Waals surface area contributed by atoms with E-state index in [1.807, 2.05) is 36.4 Å². The summed E-state index contributed by atoms with van der Waals surface area (Å²) in [4.78, 5) is 29.2. The first-order valence-electron chi connectivity index (χ1n) is 9.41. The molecule has 0 radical (unpaired) electrons. The van der Waals surface area contributed by atoms with Crippen molar-refractivity contribution in [1.29, 1.82) is 0 Å². The molecule has 1 N–H and O–H groups in total. The quantitative estimate of drug-likeness (QED) is 0.857. The minimum absolute atomic E-state index is 0.0882. The number of rotatable bonds is 4. The van der Waals surface area contributed by atoms with E-state index in [1.165, 1.54) is 0 Å². The van der Waals surface area contributed by atoms with Crippen molar-refractivity contribution in [3.8, 4) is 0 Å². The monoisotopic (exact) mass is 399 g/mol. The second-order valence-corrected chi connectivity index (χ2v) is 7.37. The Bertz CT molecular complexity index is 883. The molecule has 2 heterocycles. The van der Waals surface area contributed by atoms with Gasteiger partial charge in [0.15, 0.2) is 0 Å². The zero-order valence-electron chi connectivity index (χ0n) is 15.4. The lowest BCUT2D eigenvalue weighted by atomic mass is 10.1. The van der Waals surface area contributed by atoms with E-state index in [2.05, 4.69) is 10.2 Å². The van der Waals surface area contributed by atoms with Gasteiger partial charge in [-0.05, 0) is 24.3 Å². The molecule has 2 aromatic rings. The van der Waals surface area contributed by atoms with E-state index in [9.17, 15) is 9.59 Å². The molecular weight excluding hydrogens is 378 g/mol. The maximum absolute atomic E-state index is 12.9. The van der Waals surface area contributed by atoms with E-state index in [0.29, 0.717) is 30.5 Å². The number of anilines is 3. The number of ether oxygens (including phenoxy) is 1. The van der Waals surface area contributed by atoms with Crippen LogP contribution in [0.3, 0.4) is 0 Å². The first-order chi connectivity index (χ1) is 13.6. The SMILES string of the molecule is O=C(Nc1ccccc1N1CCOCC1)C1CC(=O)N(c2ccccc2Cl)C1. The third-order valence-electron chi connectivity index (χ3n) is 5.15. The lowest BCUT2D eigenvalue weighted by molar-refractivity contribution is -0.122. The van der Waals surface area contributed by atoms with Crippen molar-refractivity contribution in [3.05, 3.63) is 53.6 Å². The number of nitrogens with one attached hydrogen (secondary N) is 1. The fraction of sp³-hybridized carbons (Fsp3) is 0.333. The van der Waals surface area contributed by atoms with Crippen LogP contribution in [0.25, 0.3) is 0 Å². The predicted molar refractivity (Wildman–Crippen MR) is 110 cm³/mol. The van der Waals surface area contributed by atoms with Crippen LogP contribution in [-0.4, -0.2) is 44.7 Å². The van der Waals surface area contributed by atoms with Gasteiger partial charge in [-0.2, -0.15) is 0 Å². The van der Waals surface area contributed by atoms with E-state index in [0.717, 1.165) is 24.5 Å². The number of para-hydroxylation sites is 3. The van der Waals surface area contributed by atoms with E-state index in [-0.39, 0.29) is 18.2 Å². The summed E-state index contributed by atoms with van der Waals surface area (Å²) in [5, 5.41) is 3.53. The van der Waals surface area contributed by atoms with Gasteiger partial charge in [0.05, 0.1) is 41.2 Å². The van der Waals surface area contributed by atoms with Crippen LogP contribution in [0.4, 0.5) is 17.1 Å². The van der Waals surface area contributed by atoms with Gasteiger partial charge in [-0.15, -0.1) is 0 Å². The number of nitrogens with zero attached hydrogens (tertiary/aromatic N) is 2. The summed E-state index contributed by atoms with van der Waals surface area (Å²) in [5.41, 5.74) is 2.39.